The number of aliphatic hydroxyl groups excluding tert-OH is 1. The van der Waals surface area contributed by atoms with Crippen LogP contribution in [0.3, 0.4) is 0 Å². The second-order valence-corrected chi connectivity index (χ2v) is 6.23. The first-order valence-electron chi connectivity index (χ1n) is 7.85. The van der Waals surface area contributed by atoms with Gasteiger partial charge in [0.25, 0.3) is 0 Å². The number of primary amides is 1. The molecular formula is C14H32NNaO6S. The maximum atomic E-state index is 10.6. The van der Waals surface area contributed by atoms with Gasteiger partial charge in [-0.25, -0.2) is 0 Å². The molecule has 7 nitrogen and oxygen atoms in total. The van der Waals surface area contributed by atoms with Crippen LogP contribution >= 0.6 is 0 Å². The molecule has 0 aromatic carbocycles. The van der Waals surface area contributed by atoms with Crippen LogP contribution in [0.2, 0.25) is 0 Å². The summed E-state index contributed by atoms with van der Waals surface area (Å²) in [6, 6.07) is 0. The van der Waals surface area contributed by atoms with Gasteiger partial charge in [0, 0.05) is 0 Å². The van der Waals surface area contributed by atoms with Crippen LogP contribution in [-0.4, -0.2) is 64.2 Å². The number of rotatable bonds is 12. The van der Waals surface area contributed by atoms with Crippen LogP contribution < -0.4 is 5.73 Å². The average Bonchev–Trinajstić information content (AvgIpc) is 2.38. The van der Waals surface area contributed by atoms with Crippen molar-refractivity contribution in [2.75, 3.05) is 0 Å². The molecule has 0 radical (unpaired) electrons. The predicted octanol–water partition coefficient (Wildman–Crippen LogP) is 1.84. The summed E-state index contributed by atoms with van der Waals surface area (Å²) in [5, 5.41) is 9.18. The number of aliphatic hydroxyl groups is 1. The van der Waals surface area contributed by atoms with Crippen LogP contribution in [0.4, 0.5) is 0 Å². The third-order valence-electron chi connectivity index (χ3n) is 3.16. The molecule has 0 aromatic rings. The summed E-state index contributed by atoms with van der Waals surface area (Å²) in [4.78, 5) is 10.6. The maximum absolute atomic E-state index is 10.6. The molecule has 0 bridgehead atoms. The molecule has 23 heavy (non-hydrogen) atoms. The Hall–Kier alpha value is 0.300. The van der Waals surface area contributed by atoms with Gasteiger partial charge < -0.3 is 10.8 Å². The molecule has 136 valence electrons. The molecule has 0 saturated heterocycles. The Morgan fingerprint density at radius 3 is 1.52 bits per heavy atom. The molecule has 1 unspecified atom stereocenters. The zero-order chi connectivity index (χ0) is 17.4. The SMILES string of the molecule is CCCCCCCCCCCCC(O)C(N)=O.O=S(=O)(O)O.[NaH]. The molecule has 1 amide bonds. The molecule has 0 spiro atoms. The summed E-state index contributed by atoms with van der Waals surface area (Å²) >= 11 is 0. The molecule has 0 saturated carbocycles. The number of nitrogens with two attached hydrogens (primary N) is 1. The van der Waals surface area contributed by atoms with Gasteiger partial charge in [-0.15, -0.1) is 0 Å². The molecule has 5 N–H and O–H groups in total. The van der Waals surface area contributed by atoms with E-state index in [2.05, 4.69) is 6.92 Å². The number of hydrogen-bond donors (Lipinski definition) is 4. The Labute approximate surface area is 162 Å². The summed E-state index contributed by atoms with van der Waals surface area (Å²) in [6.07, 6.45) is 12.2. The first kappa shape index (κ1) is 28.1. The van der Waals surface area contributed by atoms with Crippen LogP contribution in [0.25, 0.3) is 0 Å². The first-order valence-corrected chi connectivity index (χ1v) is 9.25. The molecular weight excluding hydrogens is 333 g/mol. The molecule has 1 atom stereocenters. The van der Waals surface area contributed by atoms with Crippen molar-refractivity contribution < 1.29 is 27.4 Å². The Bertz CT molecular complexity index is 356. The van der Waals surface area contributed by atoms with E-state index in [-0.39, 0.29) is 29.6 Å². The van der Waals surface area contributed by atoms with Crippen LogP contribution in [0.5, 0.6) is 0 Å². The van der Waals surface area contributed by atoms with E-state index in [1.54, 1.807) is 0 Å². The molecule has 0 aromatic heterocycles. The van der Waals surface area contributed by atoms with Gasteiger partial charge in [-0.3, -0.25) is 13.9 Å². The quantitative estimate of drug-likeness (QED) is 0.236. The first-order chi connectivity index (χ1) is 10.2. The standard InChI is InChI=1S/C14H29NO2.Na.H2O4S.H/c1-2-3-4-5-6-7-8-9-10-11-12-13(16)14(15)17;;1-5(2,3)4;/h13,16H,2-12H2,1H3,(H2,15,17);;(H2,1,2,3,4);. The Kier molecular flexibility index (Phi) is 22.8. The second-order valence-electron chi connectivity index (χ2n) is 5.34. The summed E-state index contributed by atoms with van der Waals surface area (Å²) < 4.78 is 31.6. The number of unbranched alkanes of at least 4 members (excludes halogenated alkanes) is 9. The predicted molar refractivity (Wildman–Crippen MR) is 93.0 cm³/mol. The Balaban J connectivity index is -0.000000578. The molecule has 0 fully saturated rings. The van der Waals surface area contributed by atoms with Crippen molar-refractivity contribution in [1.82, 2.24) is 0 Å². The van der Waals surface area contributed by atoms with Gasteiger partial charge in [0.2, 0.25) is 5.91 Å². The molecule has 0 aliphatic carbocycles. The second kappa shape index (κ2) is 18.6. The van der Waals surface area contributed by atoms with Gasteiger partial charge in [0.05, 0.1) is 0 Å². The van der Waals surface area contributed by atoms with E-state index in [9.17, 15) is 9.90 Å². The fraction of sp³-hybridized carbons (Fsp3) is 0.929. The van der Waals surface area contributed by atoms with Gasteiger partial charge in [-0.05, 0) is 6.42 Å². The Morgan fingerprint density at radius 2 is 1.22 bits per heavy atom. The van der Waals surface area contributed by atoms with Gasteiger partial charge in [-0.1, -0.05) is 71.1 Å². The fourth-order valence-corrected chi connectivity index (χ4v) is 1.97. The zero-order valence-corrected chi connectivity index (χ0v) is 14.2. The van der Waals surface area contributed by atoms with Crippen LogP contribution in [0, 0.1) is 0 Å². The van der Waals surface area contributed by atoms with E-state index in [0.29, 0.717) is 6.42 Å². The number of carbonyl (C=O) groups excluding carboxylic acids is 1. The Morgan fingerprint density at radius 1 is 0.913 bits per heavy atom. The van der Waals surface area contributed by atoms with E-state index in [1.165, 1.54) is 51.4 Å². The molecule has 0 aliphatic heterocycles. The van der Waals surface area contributed by atoms with Gasteiger partial charge in [-0.2, -0.15) is 8.42 Å². The van der Waals surface area contributed by atoms with Crippen molar-refractivity contribution >= 4 is 45.9 Å². The minimum absolute atomic E-state index is 0. The van der Waals surface area contributed by atoms with Crippen molar-refractivity contribution in [3.05, 3.63) is 0 Å². The number of hydrogen-bond acceptors (Lipinski definition) is 4. The third kappa shape index (κ3) is 34.6. The summed E-state index contributed by atoms with van der Waals surface area (Å²) in [5.74, 6) is -0.596. The van der Waals surface area contributed by atoms with E-state index in [0.717, 1.165) is 12.8 Å². The monoisotopic (exact) mass is 365 g/mol. The van der Waals surface area contributed by atoms with Crippen molar-refractivity contribution in [1.29, 1.82) is 0 Å². The van der Waals surface area contributed by atoms with E-state index < -0.39 is 22.4 Å². The summed E-state index contributed by atoms with van der Waals surface area (Å²) in [6.45, 7) is 2.24. The molecule has 9 heteroatoms. The number of carbonyl (C=O) groups is 1. The van der Waals surface area contributed by atoms with E-state index >= 15 is 0 Å². The van der Waals surface area contributed by atoms with Crippen molar-refractivity contribution in [2.24, 2.45) is 5.73 Å². The van der Waals surface area contributed by atoms with E-state index in [1.807, 2.05) is 0 Å². The van der Waals surface area contributed by atoms with Crippen LogP contribution in [-0.2, 0) is 15.2 Å². The van der Waals surface area contributed by atoms with Gasteiger partial charge >= 0.3 is 40.0 Å². The molecule has 0 heterocycles. The third-order valence-corrected chi connectivity index (χ3v) is 3.16. The topological polar surface area (TPSA) is 138 Å². The van der Waals surface area contributed by atoms with Gasteiger partial charge in [0.15, 0.2) is 0 Å². The molecule has 0 aliphatic rings. The van der Waals surface area contributed by atoms with Crippen LogP contribution in [0.1, 0.15) is 77.6 Å². The average molecular weight is 365 g/mol. The number of amides is 1. The fourth-order valence-electron chi connectivity index (χ4n) is 1.97. The van der Waals surface area contributed by atoms with Crippen molar-refractivity contribution in [3.8, 4) is 0 Å². The van der Waals surface area contributed by atoms with E-state index in [4.69, 9.17) is 23.3 Å². The van der Waals surface area contributed by atoms with Crippen LogP contribution in [0.15, 0.2) is 0 Å². The molecule has 0 rings (SSSR count). The normalized spacial score (nSPS) is 11.8. The van der Waals surface area contributed by atoms with Crippen molar-refractivity contribution in [2.45, 2.75) is 83.7 Å². The van der Waals surface area contributed by atoms with Crippen molar-refractivity contribution in [3.63, 3.8) is 0 Å². The summed E-state index contributed by atoms with van der Waals surface area (Å²) in [5.41, 5.74) is 4.97. The zero-order valence-electron chi connectivity index (χ0n) is 13.4. The summed E-state index contributed by atoms with van der Waals surface area (Å²) in [7, 11) is -4.67. The minimum atomic E-state index is -4.67. The van der Waals surface area contributed by atoms with Gasteiger partial charge in [0.1, 0.15) is 6.10 Å².